The lowest BCUT2D eigenvalue weighted by molar-refractivity contribution is -0.132. The second kappa shape index (κ2) is 8.42. The SMILES string of the molecule is CCN(CC)C(=O)C(C)NCc1ccccc1C(=O)OC. The van der Waals surface area contributed by atoms with Crippen molar-refractivity contribution in [2.45, 2.75) is 33.4 Å². The summed E-state index contributed by atoms with van der Waals surface area (Å²) in [5, 5.41) is 3.17. The van der Waals surface area contributed by atoms with Gasteiger partial charge < -0.3 is 15.0 Å². The van der Waals surface area contributed by atoms with Crippen molar-refractivity contribution < 1.29 is 14.3 Å². The summed E-state index contributed by atoms with van der Waals surface area (Å²) < 4.78 is 4.76. The highest BCUT2D eigenvalue weighted by molar-refractivity contribution is 5.91. The van der Waals surface area contributed by atoms with Crippen LogP contribution in [0.2, 0.25) is 0 Å². The summed E-state index contributed by atoms with van der Waals surface area (Å²) in [5.74, 6) is -0.300. The van der Waals surface area contributed by atoms with Gasteiger partial charge >= 0.3 is 5.97 Å². The van der Waals surface area contributed by atoms with Gasteiger partial charge in [0.2, 0.25) is 5.91 Å². The van der Waals surface area contributed by atoms with Gasteiger partial charge in [-0.2, -0.15) is 0 Å². The Morgan fingerprint density at radius 3 is 2.43 bits per heavy atom. The summed E-state index contributed by atoms with van der Waals surface area (Å²) in [4.78, 5) is 25.6. The van der Waals surface area contributed by atoms with E-state index < -0.39 is 0 Å². The van der Waals surface area contributed by atoms with Crippen molar-refractivity contribution in [2.75, 3.05) is 20.2 Å². The number of hydrogen-bond donors (Lipinski definition) is 1. The van der Waals surface area contributed by atoms with E-state index in [0.29, 0.717) is 25.2 Å². The molecule has 21 heavy (non-hydrogen) atoms. The number of amides is 1. The quantitative estimate of drug-likeness (QED) is 0.779. The fourth-order valence-corrected chi connectivity index (χ4v) is 2.14. The summed E-state index contributed by atoms with van der Waals surface area (Å²) in [6.45, 7) is 7.59. The molecule has 0 radical (unpaired) electrons. The highest BCUT2D eigenvalue weighted by atomic mass is 16.5. The topological polar surface area (TPSA) is 58.6 Å². The minimum atomic E-state index is -0.366. The van der Waals surface area contributed by atoms with Gasteiger partial charge in [-0.3, -0.25) is 4.79 Å². The summed E-state index contributed by atoms with van der Waals surface area (Å²) in [5.41, 5.74) is 1.35. The van der Waals surface area contributed by atoms with E-state index in [1.165, 1.54) is 7.11 Å². The second-order valence-electron chi connectivity index (χ2n) is 4.76. The molecule has 0 fully saturated rings. The summed E-state index contributed by atoms with van der Waals surface area (Å²) in [7, 11) is 1.36. The maximum atomic E-state index is 12.2. The highest BCUT2D eigenvalue weighted by Crippen LogP contribution is 2.10. The lowest BCUT2D eigenvalue weighted by atomic mass is 10.1. The second-order valence-corrected chi connectivity index (χ2v) is 4.76. The van der Waals surface area contributed by atoms with Gasteiger partial charge in [0.15, 0.2) is 0 Å². The van der Waals surface area contributed by atoms with Crippen molar-refractivity contribution in [3.8, 4) is 0 Å². The number of rotatable bonds is 7. The molecule has 1 amide bonds. The smallest absolute Gasteiger partial charge is 0.338 e. The van der Waals surface area contributed by atoms with E-state index in [-0.39, 0.29) is 17.9 Å². The van der Waals surface area contributed by atoms with E-state index in [0.717, 1.165) is 5.56 Å². The molecule has 5 nitrogen and oxygen atoms in total. The molecule has 5 heteroatoms. The highest BCUT2D eigenvalue weighted by Gasteiger charge is 2.18. The minimum absolute atomic E-state index is 0.0653. The van der Waals surface area contributed by atoms with E-state index in [9.17, 15) is 9.59 Å². The molecule has 0 saturated carbocycles. The third kappa shape index (κ3) is 4.56. The summed E-state index contributed by atoms with van der Waals surface area (Å²) in [6.07, 6.45) is 0. The fourth-order valence-electron chi connectivity index (χ4n) is 2.14. The van der Waals surface area contributed by atoms with Gasteiger partial charge in [-0.25, -0.2) is 4.79 Å². The van der Waals surface area contributed by atoms with E-state index in [1.807, 2.05) is 32.9 Å². The van der Waals surface area contributed by atoms with Crippen LogP contribution in [0.25, 0.3) is 0 Å². The van der Waals surface area contributed by atoms with E-state index in [4.69, 9.17) is 4.74 Å². The number of hydrogen-bond acceptors (Lipinski definition) is 4. The zero-order chi connectivity index (χ0) is 15.8. The normalized spacial score (nSPS) is 11.8. The molecule has 1 aromatic carbocycles. The first kappa shape index (κ1) is 17.2. The Kier molecular flexibility index (Phi) is 6.88. The van der Waals surface area contributed by atoms with E-state index in [2.05, 4.69) is 5.32 Å². The van der Waals surface area contributed by atoms with Crippen molar-refractivity contribution in [3.63, 3.8) is 0 Å². The Balaban J connectivity index is 2.71. The number of benzene rings is 1. The Hall–Kier alpha value is -1.88. The number of ether oxygens (including phenoxy) is 1. The lowest BCUT2D eigenvalue weighted by Gasteiger charge is -2.23. The minimum Gasteiger partial charge on any atom is -0.465 e. The Labute approximate surface area is 126 Å². The maximum Gasteiger partial charge on any atom is 0.338 e. The standard InChI is InChI=1S/C16H24N2O3/c1-5-18(6-2)15(19)12(3)17-11-13-9-7-8-10-14(13)16(20)21-4/h7-10,12,17H,5-6,11H2,1-4H3. The monoisotopic (exact) mass is 292 g/mol. The van der Waals surface area contributed by atoms with Crippen LogP contribution in [0.4, 0.5) is 0 Å². The van der Waals surface area contributed by atoms with E-state index in [1.54, 1.807) is 17.0 Å². The van der Waals surface area contributed by atoms with Crippen LogP contribution < -0.4 is 5.32 Å². The lowest BCUT2D eigenvalue weighted by Crippen LogP contribution is -2.44. The van der Waals surface area contributed by atoms with Crippen LogP contribution in [0, 0.1) is 0 Å². The van der Waals surface area contributed by atoms with Gasteiger partial charge in [-0.1, -0.05) is 18.2 Å². The third-order valence-corrected chi connectivity index (χ3v) is 3.47. The first-order chi connectivity index (χ1) is 10.0. The Morgan fingerprint density at radius 2 is 1.86 bits per heavy atom. The number of nitrogens with zero attached hydrogens (tertiary/aromatic N) is 1. The van der Waals surface area contributed by atoms with Crippen molar-refractivity contribution in [3.05, 3.63) is 35.4 Å². The Morgan fingerprint density at radius 1 is 1.24 bits per heavy atom. The van der Waals surface area contributed by atoms with Crippen LogP contribution in [0.3, 0.4) is 0 Å². The number of esters is 1. The van der Waals surface area contributed by atoms with Crippen molar-refractivity contribution in [2.24, 2.45) is 0 Å². The molecule has 0 aromatic heterocycles. The summed E-state index contributed by atoms with van der Waals surface area (Å²) >= 11 is 0. The molecule has 0 aliphatic carbocycles. The van der Waals surface area contributed by atoms with Crippen molar-refractivity contribution in [1.82, 2.24) is 10.2 Å². The van der Waals surface area contributed by atoms with Crippen LogP contribution in [0.1, 0.15) is 36.7 Å². The predicted octanol–water partition coefficient (Wildman–Crippen LogP) is 1.82. The molecular weight excluding hydrogens is 268 g/mol. The Bertz CT molecular complexity index is 484. The molecule has 0 aliphatic rings. The molecule has 1 unspecified atom stereocenters. The molecular formula is C16H24N2O3. The molecule has 116 valence electrons. The molecule has 1 atom stereocenters. The molecule has 0 aliphatic heterocycles. The van der Waals surface area contributed by atoms with Gasteiger partial charge in [0.1, 0.15) is 0 Å². The first-order valence-corrected chi connectivity index (χ1v) is 7.23. The summed E-state index contributed by atoms with van der Waals surface area (Å²) in [6, 6.07) is 6.93. The number of methoxy groups -OCH3 is 1. The largest absolute Gasteiger partial charge is 0.465 e. The van der Waals surface area contributed by atoms with E-state index >= 15 is 0 Å². The number of likely N-dealkylation sites (N-methyl/N-ethyl adjacent to an activating group) is 1. The molecule has 0 heterocycles. The number of nitrogens with one attached hydrogen (secondary N) is 1. The van der Waals surface area contributed by atoms with Crippen molar-refractivity contribution in [1.29, 1.82) is 0 Å². The van der Waals surface area contributed by atoms with Gasteiger partial charge in [-0.15, -0.1) is 0 Å². The predicted molar refractivity (Wildman–Crippen MR) is 82.0 cm³/mol. The average molecular weight is 292 g/mol. The molecule has 0 saturated heterocycles. The molecule has 0 spiro atoms. The first-order valence-electron chi connectivity index (χ1n) is 7.23. The van der Waals surface area contributed by atoms with Crippen LogP contribution in [0.15, 0.2) is 24.3 Å². The zero-order valence-electron chi connectivity index (χ0n) is 13.2. The van der Waals surface area contributed by atoms with Gasteiger partial charge in [0, 0.05) is 19.6 Å². The van der Waals surface area contributed by atoms with Crippen LogP contribution in [-0.2, 0) is 16.1 Å². The maximum absolute atomic E-state index is 12.2. The van der Waals surface area contributed by atoms with Crippen LogP contribution >= 0.6 is 0 Å². The molecule has 0 bridgehead atoms. The molecule has 1 N–H and O–H groups in total. The van der Waals surface area contributed by atoms with Crippen LogP contribution in [-0.4, -0.2) is 43.0 Å². The molecule has 1 rings (SSSR count). The number of carbonyl (C=O) groups excluding carboxylic acids is 2. The van der Waals surface area contributed by atoms with Crippen molar-refractivity contribution >= 4 is 11.9 Å². The third-order valence-electron chi connectivity index (χ3n) is 3.47. The van der Waals surface area contributed by atoms with Gasteiger partial charge in [-0.05, 0) is 32.4 Å². The zero-order valence-corrected chi connectivity index (χ0v) is 13.2. The fraction of sp³-hybridized carbons (Fsp3) is 0.500. The van der Waals surface area contributed by atoms with Gasteiger partial charge in [0.05, 0.1) is 18.7 Å². The van der Waals surface area contributed by atoms with Crippen LogP contribution in [0.5, 0.6) is 0 Å². The molecule has 1 aromatic rings. The average Bonchev–Trinajstić information content (AvgIpc) is 2.53. The van der Waals surface area contributed by atoms with Gasteiger partial charge in [0.25, 0.3) is 0 Å². The number of carbonyl (C=O) groups is 2.